The molecule has 146 valence electrons. The molecule has 1 N–H and O–H groups in total. The van der Waals surface area contributed by atoms with Crippen LogP contribution in [0, 0.1) is 0 Å². The lowest BCUT2D eigenvalue weighted by atomic mass is 10.1. The number of hydrogen-bond donors (Lipinski definition) is 1. The first kappa shape index (κ1) is 19.2. The number of rotatable bonds is 6. The summed E-state index contributed by atoms with van der Waals surface area (Å²) in [5.74, 6) is -0.0555. The van der Waals surface area contributed by atoms with Crippen LogP contribution in [-0.2, 0) is 6.42 Å². The van der Waals surface area contributed by atoms with E-state index in [1.165, 1.54) is 0 Å². The van der Waals surface area contributed by atoms with Gasteiger partial charge in [-0.2, -0.15) is 5.10 Å². The minimum absolute atomic E-state index is 0.0555. The van der Waals surface area contributed by atoms with Crippen LogP contribution in [0.25, 0.3) is 22.2 Å². The van der Waals surface area contributed by atoms with E-state index in [1.54, 1.807) is 11.0 Å². The van der Waals surface area contributed by atoms with Crippen LogP contribution in [-0.4, -0.2) is 39.6 Å². The summed E-state index contributed by atoms with van der Waals surface area (Å²) < 4.78 is 0. The summed E-state index contributed by atoms with van der Waals surface area (Å²) in [5, 5.41) is 8.61. The van der Waals surface area contributed by atoms with Gasteiger partial charge in [0.25, 0.3) is 5.91 Å². The summed E-state index contributed by atoms with van der Waals surface area (Å²) >= 11 is 6.12. The molecule has 0 radical (unpaired) electrons. The molecule has 0 fully saturated rings. The number of fused-ring (bicyclic) bond motifs is 1. The number of carbonyl (C=O) groups is 1. The largest absolute Gasteiger partial charge is 0.342 e. The Morgan fingerprint density at radius 3 is 2.66 bits per heavy atom. The Balaban J connectivity index is 1.40. The van der Waals surface area contributed by atoms with Crippen LogP contribution in [0.15, 0.2) is 66.7 Å². The number of aromatic amines is 1. The number of hydrogen-bond acceptors (Lipinski definition) is 3. The summed E-state index contributed by atoms with van der Waals surface area (Å²) in [4.78, 5) is 19.0. The molecule has 4 aromatic rings. The highest BCUT2D eigenvalue weighted by Crippen LogP contribution is 2.22. The number of para-hydroxylation sites is 1. The van der Waals surface area contributed by atoms with E-state index >= 15 is 0 Å². The molecule has 0 atom stereocenters. The maximum Gasteiger partial charge on any atom is 0.254 e. The summed E-state index contributed by atoms with van der Waals surface area (Å²) in [6.07, 6.45) is 1.64. The first-order valence-corrected chi connectivity index (χ1v) is 9.90. The smallest absolute Gasteiger partial charge is 0.254 e. The van der Waals surface area contributed by atoms with Crippen molar-refractivity contribution in [2.24, 2.45) is 0 Å². The average Bonchev–Trinajstić information content (AvgIpc) is 3.22. The van der Waals surface area contributed by atoms with E-state index in [2.05, 4.69) is 21.2 Å². The van der Waals surface area contributed by atoms with Gasteiger partial charge < -0.3 is 4.90 Å². The van der Waals surface area contributed by atoms with Crippen molar-refractivity contribution in [2.75, 3.05) is 13.6 Å². The fourth-order valence-corrected chi connectivity index (χ4v) is 3.58. The van der Waals surface area contributed by atoms with Gasteiger partial charge in [-0.25, -0.2) is 4.98 Å². The van der Waals surface area contributed by atoms with E-state index in [0.29, 0.717) is 17.3 Å². The van der Waals surface area contributed by atoms with Gasteiger partial charge in [0.05, 0.1) is 16.8 Å². The van der Waals surface area contributed by atoms with Crippen molar-refractivity contribution in [2.45, 2.75) is 12.8 Å². The molecule has 29 heavy (non-hydrogen) atoms. The Morgan fingerprint density at radius 2 is 1.83 bits per heavy atom. The number of benzene rings is 2. The minimum atomic E-state index is -0.0555. The fourth-order valence-electron chi connectivity index (χ4n) is 3.38. The SMILES string of the molecule is CN(CCCc1cc(-c2ccccc2)n[nH]1)C(=O)c1cc(Cl)nc2ccccc12. The number of amides is 1. The van der Waals surface area contributed by atoms with Gasteiger partial charge in [-0.1, -0.05) is 60.1 Å². The summed E-state index contributed by atoms with van der Waals surface area (Å²) in [6.45, 7) is 0.632. The van der Waals surface area contributed by atoms with Gasteiger partial charge in [0.15, 0.2) is 0 Å². The Hall–Kier alpha value is -3.18. The van der Waals surface area contributed by atoms with Crippen LogP contribution in [0.4, 0.5) is 0 Å². The second kappa shape index (κ2) is 8.45. The van der Waals surface area contributed by atoms with Gasteiger partial charge in [-0.3, -0.25) is 9.89 Å². The zero-order valence-electron chi connectivity index (χ0n) is 16.1. The molecule has 2 heterocycles. The fraction of sp³-hybridized carbons (Fsp3) is 0.174. The number of pyridine rings is 1. The topological polar surface area (TPSA) is 61.9 Å². The van der Waals surface area contributed by atoms with E-state index in [0.717, 1.165) is 40.7 Å². The van der Waals surface area contributed by atoms with E-state index in [4.69, 9.17) is 11.6 Å². The second-order valence-corrected chi connectivity index (χ2v) is 7.37. The molecule has 0 unspecified atom stereocenters. The van der Waals surface area contributed by atoms with E-state index in [9.17, 15) is 4.79 Å². The Kier molecular flexibility index (Phi) is 5.58. The van der Waals surface area contributed by atoms with E-state index in [-0.39, 0.29) is 5.91 Å². The van der Waals surface area contributed by atoms with Crippen molar-refractivity contribution in [1.29, 1.82) is 0 Å². The van der Waals surface area contributed by atoms with Crippen molar-refractivity contribution < 1.29 is 4.79 Å². The van der Waals surface area contributed by atoms with Crippen LogP contribution in [0.1, 0.15) is 22.5 Å². The number of carbonyl (C=O) groups excluding carboxylic acids is 1. The Morgan fingerprint density at radius 1 is 1.07 bits per heavy atom. The maximum atomic E-state index is 13.0. The third-order valence-electron chi connectivity index (χ3n) is 4.90. The predicted molar refractivity (Wildman–Crippen MR) is 116 cm³/mol. The van der Waals surface area contributed by atoms with Crippen LogP contribution in [0.2, 0.25) is 5.15 Å². The molecule has 1 amide bonds. The van der Waals surface area contributed by atoms with Crippen LogP contribution in [0.3, 0.4) is 0 Å². The molecule has 6 heteroatoms. The zero-order chi connectivity index (χ0) is 20.2. The summed E-state index contributed by atoms with van der Waals surface area (Å²) in [7, 11) is 1.81. The molecule has 4 rings (SSSR count). The average molecular weight is 405 g/mol. The highest BCUT2D eigenvalue weighted by Gasteiger charge is 2.16. The van der Waals surface area contributed by atoms with Gasteiger partial charge in [-0.15, -0.1) is 0 Å². The lowest BCUT2D eigenvalue weighted by molar-refractivity contribution is 0.0795. The first-order chi connectivity index (χ1) is 14.1. The Labute approximate surface area is 174 Å². The van der Waals surface area contributed by atoms with Crippen LogP contribution in [0.5, 0.6) is 0 Å². The summed E-state index contributed by atoms with van der Waals surface area (Å²) in [6, 6.07) is 21.3. The van der Waals surface area contributed by atoms with Crippen molar-refractivity contribution >= 4 is 28.4 Å². The lowest BCUT2D eigenvalue weighted by Crippen LogP contribution is -2.28. The Bertz CT molecular complexity index is 1140. The molecule has 0 aliphatic carbocycles. The third kappa shape index (κ3) is 4.30. The van der Waals surface area contributed by atoms with Gasteiger partial charge in [-0.05, 0) is 31.0 Å². The number of H-pyrrole nitrogens is 1. The van der Waals surface area contributed by atoms with Crippen molar-refractivity contribution in [3.63, 3.8) is 0 Å². The molecule has 0 aliphatic rings. The molecule has 0 saturated carbocycles. The number of nitrogens with one attached hydrogen (secondary N) is 1. The summed E-state index contributed by atoms with van der Waals surface area (Å²) in [5.41, 5.74) is 4.38. The van der Waals surface area contributed by atoms with Crippen molar-refractivity contribution in [3.8, 4) is 11.3 Å². The predicted octanol–water partition coefficient (Wildman–Crippen LogP) is 4.98. The van der Waals surface area contributed by atoms with Gasteiger partial charge in [0, 0.05) is 30.2 Å². The first-order valence-electron chi connectivity index (χ1n) is 9.52. The van der Waals surface area contributed by atoms with E-state index in [1.807, 2.05) is 61.6 Å². The van der Waals surface area contributed by atoms with Gasteiger partial charge in [0.2, 0.25) is 0 Å². The third-order valence-corrected chi connectivity index (χ3v) is 5.10. The number of aromatic nitrogens is 3. The standard InChI is InChI=1S/C23H21ClN4O/c1-28(23(29)19-15-22(24)25-20-12-6-5-11-18(19)20)13-7-10-17-14-21(27-26-17)16-8-3-2-4-9-16/h2-6,8-9,11-12,14-15H,7,10,13H2,1H3,(H,26,27). The minimum Gasteiger partial charge on any atom is -0.342 e. The molecule has 0 spiro atoms. The lowest BCUT2D eigenvalue weighted by Gasteiger charge is -2.18. The second-order valence-electron chi connectivity index (χ2n) is 6.98. The number of aryl methyl sites for hydroxylation is 1. The molecule has 5 nitrogen and oxygen atoms in total. The van der Waals surface area contributed by atoms with E-state index < -0.39 is 0 Å². The number of halogens is 1. The number of nitrogens with zero attached hydrogens (tertiary/aromatic N) is 3. The maximum absolute atomic E-state index is 13.0. The normalized spacial score (nSPS) is 11.0. The molecule has 2 aromatic heterocycles. The monoisotopic (exact) mass is 404 g/mol. The quantitative estimate of drug-likeness (QED) is 0.461. The molecule has 0 aliphatic heterocycles. The van der Waals surface area contributed by atoms with Gasteiger partial charge in [0.1, 0.15) is 5.15 Å². The zero-order valence-corrected chi connectivity index (χ0v) is 16.9. The molecule has 0 bridgehead atoms. The highest BCUT2D eigenvalue weighted by atomic mass is 35.5. The van der Waals surface area contributed by atoms with Crippen LogP contribution < -0.4 is 0 Å². The molecule has 2 aromatic carbocycles. The highest BCUT2D eigenvalue weighted by molar-refractivity contribution is 6.30. The van der Waals surface area contributed by atoms with Crippen molar-refractivity contribution in [1.82, 2.24) is 20.1 Å². The molecular formula is C23H21ClN4O. The van der Waals surface area contributed by atoms with Crippen molar-refractivity contribution in [3.05, 3.63) is 83.1 Å². The van der Waals surface area contributed by atoms with Crippen LogP contribution >= 0.6 is 11.6 Å². The molecular weight excluding hydrogens is 384 g/mol. The molecule has 0 saturated heterocycles. The van der Waals surface area contributed by atoms with Gasteiger partial charge >= 0.3 is 0 Å².